The highest BCUT2D eigenvalue weighted by Crippen LogP contribution is 2.31. The number of aromatic nitrogens is 3. The van der Waals surface area contributed by atoms with E-state index in [0.717, 1.165) is 47.7 Å². The van der Waals surface area contributed by atoms with Crippen molar-refractivity contribution in [3.63, 3.8) is 0 Å². The monoisotopic (exact) mass is 340 g/mol. The Hall–Kier alpha value is -2.21. The number of likely N-dealkylation sites (tertiary alicyclic amines) is 1. The number of aryl methyl sites for hydroxylation is 1. The van der Waals surface area contributed by atoms with Crippen LogP contribution in [0.3, 0.4) is 0 Å². The van der Waals surface area contributed by atoms with Crippen LogP contribution in [0.1, 0.15) is 41.7 Å². The SMILES string of the molecule is Cc1cc2cncn2c(C2CCCCN2C(=O)Cc2cccs2)n1. The number of thiophene rings is 1. The Bertz CT molecular complexity index is 855. The van der Waals surface area contributed by atoms with E-state index in [1.165, 1.54) is 0 Å². The molecule has 0 aromatic carbocycles. The minimum atomic E-state index is 0.0304. The molecule has 1 amide bonds. The molecule has 124 valence electrons. The summed E-state index contributed by atoms with van der Waals surface area (Å²) < 4.78 is 2.02. The molecule has 0 saturated carbocycles. The number of amides is 1. The third-order valence-corrected chi connectivity index (χ3v) is 5.46. The lowest BCUT2D eigenvalue weighted by Gasteiger charge is -2.35. The molecule has 4 heterocycles. The molecule has 5 nitrogen and oxygen atoms in total. The first-order valence-electron chi connectivity index (χ1n) is 8.34. The van der Waals surface area contributed by atoms with Gasteiger partial charge in [-0.2, -0.15) is 0 Å². The predicted octanol–water partition coefficient (Wildman–Crippen LogP) is 3.40. The van der Waals surface area contributed by atoms with Gasteiger partial charge in [-0.15, -0.1) is 11.3 Å². The van der Waals surface area contributed by atoms with Gasteiger partial charge in [0.05, 0.1) is 24.2 Å². The molecule has 1 unspecified atom stereocenters. The maximum Gasteiger partial charge on any atom is 0.228 e. The zero-order valence-corrected chi connectivity index (χ0v) is 14.5. The van der Waals surface area contributed by atoms with E-state index in [1.807, 2.05) is 46.0 Å². The molecule has 6 heteroatoms. The highest BCUT2D eigenvalue weighted by molar-refractivity contribution is 7.10. The van der Waals surface area contributed by atoms with Crippen molar-refractivity contribution in [2.45, 2.75) is 38.6 Å². The molecule has 24 heavy (non-hydrogen) atoms. The summed E-state index contributed by atoms with van der Waals surface area (Å²) in [4.78, 5) is 25.0. The number of rotatable bonds is 3. The Morgan fingerprint density at radius 3 is 3.17 bits per heavy atom. The Morgan fingerprint density at radius 1 is 1.42 bits per heavy atom. The van der Waals surface area contributed by atoms with Gasteiger partial charge < -0.3 is 4.90 Å². The number of carbonyl (C=O) groups is 1. The number of imidazole rings is 1. The molecule has 3 aromatic rings. The smallest absolute Gasteiger partial charge is 0.228 e. The summed E-state index contributed by atoms with van der Waals surface area (Å²) in [5, 5.41) is 2.02. The van der Waals surface area contributed by atoms with Crippen LogP contribution in [0.15, 0.2) is 36.1 Å². The molecule has 4 rings (SSSR count). The summed E-state index contributed by atoms with van der Waals surface area (Å²) in [6, 6.07) is 6.08. The van der Waals surface area contributed by atoms with Gasteiger partial charge in [-0.1, -0.05) is 6.07 Å². The highest BCUT2D eigenvalue weighted by atomic mass is 32.1. The Kier molecular flexibility index (Phi) is 4.06. The average molecular weight is 340 g/mol. The van der Waals surface area contributed by atoms with Crippen molar-refractivity contribution < 1.29 is 4.79 Å². The topological polar surface area (TPSA) is 50.5 Å². The second-order valence-electron chi connectivity index (χ2n) is 6.30. The van der Waals surface area contributed by atoms with Crippen molar-refractivity contribution in [3.8, 4) is 0 Å². The van der Waals surface area contributed by atoms with Gasteiger partial charge in [0.15, 0.2) is 0 Å². The minimum absolute atomic E-state index is 0.0304. The van der Waals surface area contributed by atoms with Gasteiger partial charge in [0, 0.05) is 17.1 Å². The molecule has 1 atom stereocenters. The van der Waals surface area contributed by atoms with E-state index in [0.29, 0.717) is 6.42 Å². The molecule has 0 radical (unpaired) electrons. The zero-order valence-electron chi connectivity index (χ0n) is 13.7. The van der Waals surface area contributed by atoms with Crippen LogP contribution in [0.25, 0.3) is 5.52 Å². The van der Waals surface area contributed by atoms with Crippen molar-refractivity contribution in [1.29, 1.82) is 0 Å². The summed E-state index contributed by atoms with van der Waals surface area (Å²) in [6.45, 7) is 2.80. The lowest BCUT2D eigenvalue weighted by Crippen LogP contribution is -2.40. The normalized spacial score (nSPS) is 18.2. The molecule has 1 aliphatic rings. The molecule has 1 fully saturated rings. The number of piperidine rings is 1. The van der Waals surface area contributed by atoms with Crippen LogP contribution in [0, 0.1) is 6.92 Å². The fraction of sp³-hybridized carbons (Fsp3) is 0.389. The summed E-state index contributed by atoms with van der Waals surface area (Å²) in [5.41, 5.74) is 2.00. The third kappa shape index (κ3) is 2.82. The minimum Gasteiger partial charge on any atom is -0.332 e. The molecular formula is C18H20N4OS. The Balaban J connectivity index is 1.68. The molecule has 3 aromatic heterocycles. The molecule has 0 spiro atoms. The lowest BCUT2D eigenvalue weighted by molar-refractivity contribution is -0.134. The van der Waals surface area contributed by atoms with Crippen LogP contribution in [-0.2, 0) is 11.2 Å². The van der Waals surface area contributed by atoms with Gasteiger partial charge in [-0.05, 0) is 43.7 Å². The van der Waals surface area contributed by atoms with Gasteiger partial charge >= 0.3 is 0 Å². The summed E-state index contributed by atoms with van der Waals surface area (Å²) >= 11 is 1.64. The largest absolute Gasteiger partial charge is 0.332 e. The standard InChI is InChI=1S/C18H20N4OS/c1-13-9-14-11-19-12-22(14)18(20-13)16-6-2-3-7-21(16)17(23)10-15-5-4-8-24-15/h4-5,8-9,11-12,16H,2-3,6-7,10H2,1H3. The Morgan fingerprint density at radius 2 is 2.33 bits per heavy atom. The first-order valence-corrected chi connectivity index (χ1v) is 9.22. The van der Waals surface area contributed by atoms with E-state index >= 15 is 0 Å². The number of hydrogen-bond donors (Lipinski definition) is 0. The van der Waals surface area contributed by atoms with Crippen LogP contribution in [0.2, 0.25) is 0 Å². The van der Waals surface area contributed by atoms with E-state index in [2.05, 4.69) is 4.98 Å². The highest BCUT2D eigenvalue weighted by Gasteiger charge is 2.30. The fourth-order valence-corrected chi connectivity index (χ4v) is 4.18. The van der Waals surface area contributed by atoms with Crippen LogP contribution in [0.4, 0.5) is 0 Å². The molecule has 1 saturated heterocycles. The molecule has 0 N–H and O–H groups in total. The van der Waals surface area contributed by atoms with Crippen LogP contribution in [0.5, 0.6) is 0 Å². The molecule has 1 aliphatic heterocycles. The number of nitrogens with zero attached hydrogens (tertiary/aromatic N) is 4. The van der Waals surface area contributed by atoms with Gasteiger partial charge in [0.25, 0.3) is 0 Å². The second kappa shape index (κ2) is 6.36. The number of hydrogen-bond acceptors (Lipinski definition) is 4. The van der Waals surface area contributed by atoms with E-state index < -0.39 is 0 Å². The first-order chi connectivity index (χ1) is 11.7. The van der Waals surface area contributed by atoms with E-state index in [1.54, 1.807) is 17.7 Å². The molecule has 0 aliphatic carbocycles. The van der Waals surface area contributed by atoms with Gasteiger partial charge in [-0.25, -0.2) is 9.97 Å². The number of carbonyl (C=O) groups excluding carboxylic acids is 1. The van der Waals surface area contributed by atoms with Crippen LogP contribution in [-0.4, -0.2) is 31.7 Å². The first kappa shape index (κ1) is 15.3. The van der Waals surface area contributed by atoms with Crippen molar-refractivity contribution in [3.05, 3.63) is 52.5 Å². The van der Waals surface area contributed by atoms with Gasteiger partial charge in [-0.3, -0.25) is 9.20 Å². The van der Waals surface area contributed by atoms with Crippen molar-refractivity contribution in [2.75, 3.05) is 6.54 Å². The van der Waals surface area contributed by atoms with E-state index in [9.17, 15) is 4.79 Å². The predicted molar refractivity (Wildman–Crippen MR) is 94.1 cm³/mol. The summed E-state index contributed by atoms with van der Waals surface area (Å²) in [7, 11) is 0. The summed E-state index contributed by atoms with van der Waals surface area (Å²) in [6.07, 6.45) is 7.27. The van der Waals surface area contributed by atoms with Crippen LogP contribution >= 0.6 is 11.3 Å². The lowest BCUT2D eigenvalue weighted by atomic mass is 10.0. The molecular weight excluding hydrogens is 320 g/mol. The second-order valence-corrected chi connectivity index (χ2v) is 7.33. The van der Waals surface area contributed by atoms with Gasteiger partial charge in [0.2, 0.25) is 5.91 Å². The van der Waals surface area contributed by atoms with E-state index in [-0.39, 0.29) is 11.9 Å². The fourth-order valence-electron chi connectivity index (χ4n) is 3.48. The van der Waals surface area contributed by atoms with Gasteiger partial charge in [0.1, 0.15) is 12.2 Å². The maximum atomic E-state index is 12.9. The maximum absolute atomic E-state index is 12.9. The molecule has 0 bridgehead atoms. The number of fused-ring (bicyclic) bond motifs is 1. The van der Waals surface area contributed by atoms with Crippen molar-refractivity contribution in [2.24, 2.45) is 0 Å². The summed E-state index contributed by atoms with van der Waals surface area (Å²) in [5.74, 6) is 1.13. The van der Waals surface area contributed by atoms with E-state index in [4.69, 9.17) is 4.98 Å². The quantitative estimate of drug-likeness (QED) is 0.734. The third-order valence-electron chi connectivity index (χ3n) is 4.59. The van der Waals surface area contributed by atoms with Crippen molar-refractivity contribution in [1.82, 2.24) is 19.3 Å². The zero-order chi connectivity index (χ0) is 16.5. The Labute approximate surface area is 145 Å². The van der Waals surface area contributed by atoms with Crippen LogP contribution < -0.4 is 0 Å². The average Bonchev–Trinajstić information content (AvgIpc) is 3.25. The van der Waals surface area contributed by atoms with Crippen molar-refractivity contribution >= 4 is 22.8 Å².